The van der Waals surface area contributed by atoms with Crippen LogP contribution in [0.5, 0.6) is 11.5 Å². The lowest BCUT2D eigenvalue weighted by atomic mass is 10.1. The second-order valence-electron chi connectivity index (χ2n) is 6.12. The van der Waals surface area contributed by atoms with Crippen molar-refractivity contribution in [2.75, 3.05) is 31.8 Å². The quantitative estimate of drug-likeness (QED) is 0.353. The van der Waals surface area contributed by atoms with Gasteiger partial charge in [0, 0.05) is 24.3 Å². The van der Waals surface area contributed by atoms with Gasteiger partial charge >= 0.3 is 18.1 Å². The number of benzene rings is 2. The van der Waals surface area contributed by atoms with Gasteiger partial charge in [-0.05, 0) is 42.8 Å². The summed E-state index contributed by atoms with van der Waals surface area (Å²) in [6.07, 6.45) is -5.22. The zero-order valence-electron chi connectivity index (χ0n) is 16.8. The Kier molecular flexibility index (Phi) is 9.45. The molecule has 0 saturated carbocycles. The molecule has 0 saturated heterocycles. The van der Waals surface area contributed by atoms with E-state index in [0.29, 0.717) is 11.5 Å². The van der Waals surface area contributed by atoms with Crippen LogP contribution in [0, 0.1) is 0 Å². The molecule has 170 valence electrons. The van der Waals surface area contributed by atoms with Gasteiger partial charge in [-0.25, -0.2) is 9.59 Å². The molecular formula is C20H23F3N2O6. The van der Waals surface area contributed by atoms with Crippen molar-refractivity contribution < 1.29 is 42.4 Å². The normalized spacial score (nSPS) is 10.5. The van der Waals surface area contributed by atoms with E-state index in [9.17, 15) is 22.8 Å². The van der Waals surface area contributed by atoms with Crippen molar-refractivity contribution >= 4 is 23.3 Å². The molecule has 2 rings (SSSR count). The minimum absolute atomic E-state index is 0.0358. The number of methoxy groups -OCH3 is 2. The minimum Gasteiger partial charge on any atom is -0.497 e. The van der Waals surface area contributed by atoms with Crippen LogP contribution in [-0.4, -0.2) is 49.1 Å². The van der Waals surface area contributed by atoms with Crippen molar-refractivity contribution in [2.24, 2.45) is 0 Å². The summed E-state index contributed by atoms with van der Waals surface area (Å²) in [6.45, 7) is 0.0477. The molecule has 0 aliphatic rings. The molecule has 8 nitrogen and oxygen atoms in total. The first kappa shape index (κ1) is 25.4. The van der Waals surface area contributed by atoms with Gasteiger partial charge in [0.05, 0.1) is 25.3 Å². The van der Waals surface area contributed by atoms with Crippen LogP contribution in [0.3, 0.4) is 0 Å². The summed E-state index contributed by atoms with van der Waals surface area (Å²) in [4.78, 5) is 21.6. The molecule has 0 bridgehead atoms. The van der Waals surface area contributed by atoms with Crippen molar-refractivity contribution in [3.05, 3.63) is 47.5 Å². The molecule has 0 amide bonds. The van der Waals surface area contributed by atoms with Crippen LogP contribution in [0.2, 0.25) is 0 Å². The minimum atomic E-state index is -4.20. The summed E-state index contributed by atoms with van der Waals surface area (Å²) < 4.78 is 45.6. The van der Waals surface area contributed by atoms with Crippen LogP contribution in [0.15, 0.2) is 36.4 Å². The Labute approximate surface area is 176 Å². The van der Waals surface area contributed by atoms with Gasteiger partial charge < -0.3 is 30.7 Å². The van der Waals surface area contributed by atoms with Gasteiger partial charge in [0.2, 0.25) is 0 Å². The molecule has 0 aromatic heterocycles. The lowest BCUT2D eigenvalue weighted by molar-refractivity contribution is -0.134. The predicted octanol–water partition coefficient (Wildman–Crippen LogP) is 4.12. The van der Waals surface area contributed by atoms with E-state index in [4.69, 9.17) is 25.4 Å². The number of aromatic carboxylic acids is 2. The number of anilines is 2. The number of nitrogens with two attached hydrogens (primary N) is 1. The first-order chi connectivity index (χ1) is 14.5. The van der Waals surface area contributed by atoms with Gasteiger partial charge in [-0.15, -0.1) is 0 Å². The maximum Gasteiger partial charge on any atom is 0.389 e. The van der Waals surface area contributed by atoms with Gasteiger partial charge in [-0.2, -0.15) is 13.2 Å². The van der Waals surface area contributed by atoms with Gasteiger partial charge in [0.25, 0.3) is 0 Å². The molecule has 0 unspecified atom stereocenters. The third-order valence-corrected chi connectivity index (χ3v) is 3.90. The SMILES string of the molecule is COc1ccc(N)c(C(=O)O)c1.COc1ccc(NCCCC(F)(F)F)c(C(=O)O)c1. The molecule has 0 fully saturated rings. The predicted molar refractivity (Wildman–Crippen MR) is 108 cm³/mol. The van der Waals surface area contributed by atoms with Crippen LogP contribution in [0.25, 0.3) is 0 Å². The largest absolute Gasteiger partial charge is 0.497 e. The van der Waals surface area contributed by atoms with Crippen molar-refractivity contribution in [2.45, 2.75) is 19.0 Å². The Morgan fingerprint density at radius 1 is 0.968 bits per heavy atom. The van der Waals surface area contributed by atoms with Gasteiger partial charge in [0.1, 0.15) is 11.5 Å². The lowest BCUT2D eigenvalue weighted by Crippen LogP contribution is -2.12. The highest BCUT2D eigenvalue weighted by atomic mass is 19.4. The fourth-order valence-corrected chi connectivity index (χ4v) is 2.34. The molecular weight excluding hydrogens is 421 g/mol. The average Bonchev–Trinajstić information content (AvgIpc) is 2.71. The zero-order valence-corrected chi connectivity index (χ0v) is 16.8. The molecule has 0 radical (unpaired) electrons. The highest BCUT2D eigenvalue weighted by molar-refractivity contribution is 5.95. The number of nitrogens with one attached hydrogen (secondary N) is 1. The van der Waals surface area contributed by atoms with Gasteiger partial charge in [0.15, 0.2) is 0 Å². The summed E-state index contributed by atoms with van der Waals surface area (Å²) in [5.41, 5.74) is 5.95. The third kappa shape index (κ3) is 8.72. The molecule has 0 spiro atoms. The van der Waals surface area contributed by atoms with E-state index < -0.39 is 24.5 Å². The Bertz CT molecular complexity index is 903. The van der Waals surface area contributed by atoms with E-state index in [0.717, 1.165) is 0 Å². The lowest BCUT2D eigenvalue weighted by Gasteiger charge is -2.11. The first-order valence-corrected chi connectivity index (χ1v) is 8.87. The topological polar surface area (TPSA) is 131 Å². The van der Waals surface area contributed by atoms with E-state index in [1.165, 1.54) is 38.5 Å². The Hall–Kier alpha value is -3.63. The van der Waals surface area contributed by atoms with Gasteiger partial charge in [-0.3, -0.25) is 0 Å². The van der Waals surface area contributed by atoms with E-state index in [1.807, 2.05) is 0 Å². The number of carboxylic acids is 2. The fraction of sp³-hybridized carbons (Fsp3) is 0.300. The summed E-state index contributed by atoms with van der Waals surface area (Å²) in [5, 5.41) is 20.3. The maximum absolute atomic E-state index is 11.9. The smallest absolute Gasteiger partial charge is 0.389 e. The molecule has 0 aliphatic carbocycles. The zero-order chi connectivity index (χ0) is 23.6. The molecule has 31 heavy (non-hydrogen) atoms. The second kappa shape index (κ2) is 11.5. The fourth-order valence-electron chi connectivity index (χ4n) is 2.34. The van der Waals surface area contributed by atoms with Crippen molar-refractivity contribution in [1.82, 2.24) is 0 Å². The number of carbonyl (C=O) groups is 2. The monoisotopic (exact) mass is 444 g/mol. The third-order valence-electron chi connectivity index (χ3n) is 3.90. The Morgan fingerprint density at radius 2 is 1.48 bits per heavy atom. The van der Waals surface area contributed by atoms with Gasteiger partial charge in [-0.1, -0.05) is 0 Å². The number of halogens is 3. The van der Waals surface area contributed by atoms with E-state index in [2.05, 4.69) is 5.32 Å². The number of ether oxygens (including phenoxy) is 2. The standard InChI is InChI=1S/C12H14F3NO3.C8H9NO3/c1-19-8-3-4-10(9(7-8)11(17)18)16-6-2-5-12(13,14)15;1-12-5-2-3-7(9)6(4-5)8(10)11/h3-4,7,16H,2,5-6H2,1H3,(H,17,18);2-4H,9H2,1H3,(H,10,11). The molecule has 2 aromatic carbocycles. The molecule has 0 heterocycles. The van der Waals surface area contributed by atoms with Crippen molar-refractivity contribution in [1.29, 1.82) is 0 Å². The Balaban J connectivity index is 0.000000343. The molecule has 5 N–H and O–H groups in total. The summed E-state index contributed by atoms with van der Waals surface area (Å²) in [7, 11) is 2.87. The first-order valence-electron chi connectivity index (χ1n) is 8.87. The molecule has 0 atom stereocenters. The summed E-state index contributed by atoms with van der Waals surface area (Å²) in [5.74, 6) is -1.36. The van der Waals surface area contributed by atoms with Crippen LogP contribution >= 0.6 is 0 Å². The van der Waals surface area contributed by atoms with Crippen molar-refractivity contribution in [3.63, 3.8) is 0 Å². The van der Waals surface area contributed by atoms with Crippen molar-refractivity contribution in [3.8, 4) is 11.5 Å². The molecule has 0 aliphatic heterocycles. The molecule has 11 heteroatoms. The average molecular weight is 444 g/mol. The summed E-state index contributed by atoms with van der Waals surface area (Å²) >= 11 is 0. The highest BCUT2D eigenvalue weighted by Crippen LogP contribution is 2.24. The van der Waals surface area contributed by atoms with Crippen LogP contribution in [0.4, 0.5) is 24.5 Å². The number of rotatable bonds is 8. The highest BCUT2D eigenvalue weighted by Gasteiger charge is 2.26. The summed E-state index contributed by atoms with van der Waals surface area (Å²) in [6, 6.07) is 8.82. The van der Waals surface area contributed by atoms with E-state index >= 15 is 0 Å². The number of carboxylic acid groups (broad SMARTS) is 2. The number of nitrogen functional groups attached to an aromatic ring is 1. The molecule has 2 aromatic rings. The van der Waals surface area contributed by atoms with E-state index in [1.54, 1.807) is 12.1 Å². The Morgan fingerprint density at radius 3 is 1.97 bits per heavy atom. The number of hydrogen-bond donors (Lipinski definition) is 4. The number of hydrogen-bond acceptors (Lipinski definition) is 6. The number of alkyl halides is 3. The van der Waals surface area contributed by atoms with E-state index in [-0.39, 0.29) is 35.5 Å². The van der Waals surface area contributed by atoms with Crippen LogP contribution in [0.1, 0.15) is 33.6 Å². The maximum atomic E-state index is 11.9. The second-order valence-corrected chi connectivity index (χ2v) is 6.12. The van der Waals surface area contributed by atoms with Crippen LogP contribution in [-0.2, 0) is 0 Å². The van der Waals surface area contributed by atoms with Crippen LogP contribution < -0.4 is 20.5 Å².